The van der Waals surface area contributed by atoms with Crippen molar-refractivity contribution in [3.8, 4) is 5.75 Å². The van der Waals surface area contributed by atoms with E-state index in [1.165, 1.54) is 36.4 Å². The predicted molar refractivity (Wildman–Crippen MR) is 85.0 cm³/mol. The van der Waals surface area contributed by atoms with Crippen molar-refractivity contribution in [2.45, 2.75) is 23.8 Å². The molecule has 4 nitrogen and oxygen atoms in total. The monoisotopic (exact) mass is 397 g/mol. The van der Waals surface area contributed by atoms with Crippen LogP contribution >= 0.6 is 11.6 Å². The summed E-state index contributed by atoms with van der Waals surface area (Å²) in [5.74, 6) is -3.75. The summed E-state index contributed by atoms with van der Waals surface area (Å²) in [6, 6.07) is 8.97. The van der Waals surface area contributed by atoms with Gasteiger partial charge in [-0.1, -0.05) is 23.7 Å². The van der Waals surface area contributed by atoms with Gasteiger partial charge in [-0.05, 0) is 30.3 Å². The van der Waals surface area contributed by atoms with Crippen LogP contribution in [-0.4, -0.2) is 20.8 Å². The number of hydrogen-bond donors (Lipinski definition) is 1. The molecule has 0 aromatic heterocycles. The Hall–Kier alpha value is -2.00. The van der Waals surface area contributed by atoms with E-state index in [0.29, 0.717) is 0 Å². The highest BCUT2D eigenvalue weighted by Crippen LogP contribution is 2.29. The molecule has 136 valence electrons. The molecule has 0 aliphatic rings. The van der Waals surface area contributed by atoms with E-state index in [1.807, 2.05) is 0 Å². The van der Waals surface area contributed by atoms with Crippen LogP contribution in [-0.2, 0) is 16.4 Å². The van der Waals surface area contributed by atoms with Gasteiger partial charge in [0.15, 0.2) is 0 Å². The molecule has 0 saturated carbocycles. The Labute approximate surface area is 146 Å². The van der Waals surface area contributed by atoms with Gasteiger partial charge in [0.1, 0.15) is 5.75 Å². The van der Waals surface area contributed by atoms with E-state index in [1.54, 1.807) is 0 Å². The molecule has 0 spiro atoms. The summed E-state index contributed by atoms with van der Waals surface area (Å²) in [7, 11) is -4.82. The number of rotatable bonds is 7. The molecular formula is C15H12ClF4NO3S. The van der Waals surface area contributed by atoms with Gasteiger partial charge in [0, 0.05) is 17.1 Å². The van der Waals surface area contributed by atoms with Crippen molar-refractivity contribution >= 4 is 27.1 Å². The van der Waals surface area contributed by atoms with Gasteiger partial charge in [-0.3, -0.25) is 0 Å². The summed E-state index contributed by atoms with van der Waals surface area (Å²) in [6.07, 6.45) is 0. The molecule has 0 saturated heterocycles. The predicted octanol–water partition coefficient (Wildman–Crippen LogP) is 4.55. The minimum Gasteiger partial charge on any atom is -0.434 e. The summed E-state index contributed by atoms with van der Waals surface area (Å²) >= 11 is 5.81. The van der Waals surface area contributed by atoms with Gasteiger partial charge in [0.05, 0.1) is 10.6 Å². The number of benzene rings is 2. The molecular weight excluding hydrogens is 386 g/mol. The molecule has 0 aliphatic carbocycles. The van der Waals surface area contributed by atoms with Gasteiger partial charge in [0.2, 0.25) is 9.84 Å². The molecule has 0 bridgehead atoms. The minimum atomic E-state index is -4.82. The molecule has 0 amide bonds. The van der Waals surface area contributed by atoms with E-state index in [2.05, 4.69) is 10.1 Å². The van der Waals surface area contributed by atoms with Crippen LogP contribution in [0, 0.1) is 0 Å². The van der Waals surface area contributed by atoms with Gasteiger partial charge in [-0.15, -0.1) is 0 Å². The van der Waals surface area contributed by atoms with Crippen molar-refractivity contribution in [2.24, 2.45) is 0 Å². The normalized spacial score (nSPS) is 11.8. The lowest BCUT2D eigenvalue weighted by Gasteiger charge is -2.15. The first-order valence-corrected chi connectivity index (χ1v) is 8.72. The highest BCUT2D eigenvalue weighted by molar-refractivity contribution is 7.91. The third-order valence-electron chi connectivity index (χ3n) is 3.14. The fraction of sp³-hybridized carbons (Fsp3) is 0.200. The second kappa shape index (κ2) is 7.92. The molecule has 0 radical (unpaired) electrons. The van der Waals surface area contributed by atoms with Gasteiger partial charge in [-0.25, -0.2) is 8.42 Å². The lowest BCUT2D eigenvalue weighted by molar-refractivity contribution is -0.0504. The molecule has 0 unspecified atom stereocenters. The Morgan fingerprint density at radius 2 is 1.76 bits per heavy atom. The maximum atomic E-state index is 12.8. The number of para-hydroxylation sites is 1. The second-order valence-corrected chi connectivity index (χ2v) is 7.11. The van der Waals surface area contributed by atoms with Crippen LogP contribution in [0.4, 0.5) is 23.2 Å². The highest BCUT2D eigenvalue weighted by atomic mass is 35.5. The number of ether oxygens (including phenoxy) is 1. The van der Waals surface area contributed by atoms with Crippen LogP contribution in [0.1, 0.15) is 5.56 Å². The summed E-state index contributed by atoms with van der Waals surface area (Å²) in [5.41, 5.74) is 0.114. The average Bonchev–Trinajstić information content (AvgIpc) is 2.54. The average molecular weight is 398 g/mol. The van der Waals surface area contributed by atoms with Crippen molar-refractivity contribution in [1.29, 1.82) is 0 Å². The lowest BCUT2D eigenvalue weighted by atomic mass is 10.2. The summed E-state index contributed by atoms with van der Waals surface area (Å²) in [4.78, 5) is -0.594. The Kier molecular flexibility index (Phi) is 6.12. The van der Waals surface area contributed by atoms with E-state index < -0.39 is 27.1 Å². The Balaban J connectivity index is 2.30. The third-order valence-corrected chi connectivity index (χ3v) is 4.81. The fourth-order valence-corrected chi connectivity index (χ4v) is 3.15. The van der Waals surface area contributed by atoms with E-state index in [-0.39, 0.29) is 28.6 Å². The molecule has 25 heavy (non-hydrogen) atoms. The molecule has 0 aliphatic heterocycles. The Morgan fingerprint density at radius 3 is 2.40 bits per heavy atom. The lowest BCUT2D eigenvalue weighted by Crippen LogP contribution is -2.14. The number of nitrogens with one attached hydrogen (secondary N) is 1. The van der Waals surface area contributed by atoms with Crippen molar-refractivity contribution in [1.82, 2.24) is 0 Å². The summed E-state index contributed by atoms with van der Waals surface area (Å²) < 4.78 is 78.1. The van der Waals surface area contributed by atoms with Crippen molar-refractivity contribution in [3.05, 3.63) is 53.1 Å². The van der Waals surface area contributed by atoms with Gasteiger partial charge < -0.3 is 10.1 Å². The fourth-order valence-electron chi connectivity index (χ4n) is 2.04. The minimum absolute atomic E-state index is 0.0919. The zero-order chi connectivity index (χ0) is 18.6. The molecule has 0 atom stereocenters. The summed E-state index contributed by atoms with van der Waals surface area (Å²) in [5, 5.41) is 2.88. The molecule has 10 heteroatoms. The smallest absolute Gasteiger partial charge is 0.387 e. The number of hydrogen-bond acceptors (Lipinski definition) is 4. The van der Waals surface area contributed by atoms with E-state index in [4.69, 9.17) is 11.6 Å². The molecule has 0 heterocycles. The van der Waals surface area contributed by atoms with Crippen LogP contribution in [0.25, 0.3) is 0 Å². The molecule has 0 fully saturated rings. The molecule has 2 aromatic carbocycles. The summed E-state index contributed by atoms with van der Waals surface area (Å²) in [6.45, 7) is -3.23. The Bertz CT molecular complexity index is 846. The molecule has 2 rings (SSSR count). The van der Waals surface area contributed by atoms with Crippen LogP contribution in [0.15, 0.2) is 47.4 Å². The van der Waals surface area contributed by atoms with Crippen LogP contribution in [0.3, 0.4) is 0 Å². The third kappa shape index (κ3) is 4.76. The van der Waals surface area contributed by atoms with Gasteiger partial charge in [-0.2, -0.15) is 17.6 Å². The van der Waals surface area contributed by atoms with Crippen LogP contribution in [0.5, 0.6) is 5.75 Å². The molecule has 1 N–H and O–H groups in total. The maximum absolute atomic E-state index is 12.8. The largest absolute Gasteiger partial charge is 0.434 e. The van der Waals surface area contributed by atoms with Crippen LogP contribution < -0.4 is 10.1 Å². The van der Waals surface area contributed by atoms with Crippen molar-refractivity contribution < 1.29 is 30.7 Å². The number of anilines is 1. The van der Waals surface area contributed by atoms with E-state index >= 15 is 0 Å². The van der Waals surface area contributed by atoms with Gasteiger partial charge in [0.25, 0.3) is 0 Å². The zero-order valence-corrected chi connectivity index (χ0v) is 14.0. The Morgan fingerprint density at radius 1 is 1.08 bits per heavy atom. The zero-order valence-electron chi connectivity index (χ0n) is 12.4. The topological polar surface area (TPSA) is 55.4 Å². The van der Waals surface area contributed by atoms with Crippen LogP contribution in [0.2, 0.25) is 5.02 Å². The van der Waals surface area contributed by atoms with E-state index in [0.717, 1.165) is 6.07 Å². The van der Waals surface area contributed by atoms with E-state index in [9.17, 15) is 26.0 Å². The quantitative estimate of drug-likeness (QED) is 0.696. The molecule has 2 aromatic rings. The number of halogens is 5. The SMILES string of the molecule is O=S(=O)(c1ccccc1NCc1cc(Cl)ccc1OC(F)F)C(F)F. The first kappa shape index (κ1) is 19.3. The first-order chi connectivity index (χ1) is 11.7. The number of sulfone groups is 1. The van der Waals surface area contributed by atoms with Crippen molar-refractivity contribution in [3.63, 3.8) is 0 Å². The van der Waals surface area contributed by atoms with Gasteiger partial charge >= 0.3 is 12.4 Å². The highest BCUT2D eigenvalue weighted by Gasteiger charge is 2.29. The second-order valence-electron chi connectivity index (χ2n) is 4.79. The van der Waals surface area contributed by atoms with Crippen molar-refractivity contribution in [2.75, 3.05) is 5.32 Å². The first-order valence-electron chi connectivity index (χ1n) is 6.80. The maximum Gasteiger partial charge on any atom is 0.387 e. The standard InChI is InChI=1S/C15H12ClF4NO3S/c16-10-5-6-12(24-14(17)18)9(7-10)8-21-11-3-1-2-4-13(11)25(22,23)15(19)20/h1-7,14-15,21H,8H2. The number of alkyl halides is 4.